The molecule has 0 saturated carbocycles. The first-order chi connectivity index (χ1) is 7.46. The molecule has 16 heavy (non-hydrogen) atoms. The van der Waals surface area contributed by atoms with Crippen LogP contribution in [0.3, 0.4) is 0 Å². The van der Waals surface area contributed by atoms with E-state index in [2.05, 4.69) is 4.98 Å². The maximum atomic E-state index is 11.3. The Balaban J connectivity index is 2.92. The lowest BCUT2D eigenvalue weighted by atomic mass is 10.0. The average Bonchev–Trinajstić information content (AvgIpc) is 2.25. The Morgan fingerprint density at radius 1 is 1.50 bits per heavy atom. The second-order valence-electron chi connectivity index (χ2n) is 3.55. The molecule has 1 heterocycles. The molecule has 0 aromatic carbocycles. The van der Waals surface area contributed by atoms with Gasteiger partial charge in [-0.15, -0.1) is 0 Å². The van der Waals surface area contributed by atoms with Crippen LogP contribution in [0, 0.1) is 0 Å². The molecule has 0 fully saturated rings. The smallest absolute Gasteiger partial charge is 0.330 e. The third-order valence-electron chi connectivity index (χ3n) is 2.38. The van der Waals surface area contributed by atoms with Crippen molar-refractivity contribution in [1.29, 1.82) is 0 Å². The molecule has 0 aliphatic rings. The summed E-state index contributed by atoms with van der Waals surface area (Å²) in [4.78, 5) is 22.3. The lowest BCUT2D eigenvalue weighted by Crippen LogP contribution is -2.28. The van der Waals surface area contributed by atoms with Gasteiger partial charge in [-0.1, -0.05) is 6.07 Å². The maximum Gasteiger partial charge on any atom is 0.330 e. The van der Waals surface area contributed by atoms with Crippen molar-refractivity contribution in [3.8, 4) is 0 Å². The summed E-state index contributed by atoms with van der Waals surface area (Å²) in [6.07, 6.45) is 3.26. The molecule has 6 nitrogen and oxygen atoms in total. The Bertz CT molecular complexity index is 368. The molecule has 0 bridgehead atoms. The van der Waals surface area contributed by atoms with Gasteiger partial charge in [-0.2, -0.15) is 0 Å². The number of nitrogens with two attached hydrogens (primary N) is 2. The van der Waals surface area contributed by atoms with E-state index in [0.717, 1.165) is 0 Å². The van der Waals surface area contributed by atoms with Gasteiger partial charge in [-0.25, -0.2) is 0 Å². The topological polar surface area (TPSA) is 122 Å². The second kappa shape index (κ2) is 5.52. The van der Waals surface area contributed by atoms with Gasteiger partial charge < -0.3 is 21.3 Å². The fraction of sp³-hybridized carbons (Fsp3) is 0.444. The van der Waals surface area contributed by atoms with Crippen molar-refractivity contribution in [1.82, 2.24) is 4.98 Å². The highest BCUT2D eigenvalue weighted by atomic mass is 31.2. The average molecular weight is 245 g/mol. The third-order valence-corrected chi connectivity index (χ3v) is 3.82. The van der Waals surface area contributed by atoms with Crippen LogP contribution >= 0.6 is 7.60 Å². The number of aromatic nitrogens is 1. The highest BCUT2D eigenvalue weighted by molar-refractivity contribution is 7.52. The highest BCUT2D eigenvalue weighted by Gasteiger charge is 2.34. The molecule has 90 valence electrons. The standard InChI is InChI=1S/C9H16N3O3P/c10-4-3-8(16(13,14)15)9(11)7-2-1-5-12-6-7/h1-2,5-6,8-9H,3-4,10-11H2,(H2,13,14,15). The van der Waals surface area contributed by atoms with Gasteiger partial charge in [0.2, 0.25) is 0 Å². The summed E-state index contributed by atoms with van der Waals surface area (Å²) in [7, 11) is -4.25. The largest absolute Gasteiger partial charge is 0.330 e. The Morgan fingerprint density at radius 3 is 2.62 bits per heavy atom. The minimum Gasteiger partial charge on any atom is -0.330 e. The summed E-state index contributed by atoms with van der Waals surface area (Å²) in [5.41, 5.74) is 10.8. The summed E-state index contributed by atoms with van der Waals surface area (Å²) < 4.78 is 11.3. The van der Waals surface area contributed by atoms with Gasteiger partial charge in [0.25, 0.3) is 0 Å². The number of pyridine rings is 1. The van der Waals surface area contributed by atoms with Crippen molar-refractivity contribution in [3.63, 3.8) is 0 Å². The number of hydrogen-bond donors (Lipinski definition) is 4. The summed E-state index contributed by atoms with van der Waals surface area (Å²) in [5, 5.41) is 0. The summed E-state index contributed by atoms with van der Waals surface area (Å²) in [5.74, 6) is 0. The van der Waals surface area contributed by atoms with Crippen LogP contribution in [-0.4, -0.2) is 27.0 Å². The molecule has 1 aromatic heterocycles. The van der Waals surface area contributed by atoms with Gasteiger partial charge in [0, 0.05) is 18.4 Å². The number of hydrogen-bond acceptors (Lipinski definition) is 4. The molecular weight excluding hydrogens is 229 g/mol. The Labute approximate surface area is 93.8 Å². The zero-order valence-corrected chi connectivity index (χ0v) is 9.62. The van der Waals surface area contributed by atoms with Crippen LogP contribution in [0.25, 0.3) is 0 Å². The molecule has 1 aromatic rings. The quantitative estimate of drug-likeness (QED) is 0.540. The Kier molecular flexibility index (Phi) is 4.58. The molecule has 6 N–H and O–H groups in total. The first kappa shape index (κ1) is 13.3. The molecule has 0 aliphatic carbocycles. The van der Waals surface area contributed by atoms with Crippen LogP contribution in [-0.2, 0) is 4.57 Å². The summed E-state index contributed by atoms with van der Waals surface area (Å²) in [6, 6.07) is 2.61. The van der Waals surface area contributed by atoms with Gasteiger partial charge in [-0.05, 0) is 24.6 Å². The van der Waals surface area contributed by atoms with Crippen molar-refractivity contribution >= 4 is 7.60 Å². The van der Waals surface area contributed by atoms with E-state index >= 15 is 0 Å². The minimum absolute atomic E-state index is 0.181. The Hall–Kier alpha value is -0.780. The zero-order valence-electron chi connectivity index (χ0n) is 8.73. The van der Waals surface area contributed by atoms with Crippen LogP contribution in [0.5, 0.6) is 0 Å². The van der Waals surface area contributed by atoms with E-state index in [1.807, 2.05) is 0 Å². The molecule has 1 rings (SSSR count). The van der Waals surface area contributed by atoms with Crippen LogP contribution in [0.1, 0.15) is 18.0 Å². The lowest BCUT2D eigenvalue weighted by molar-refractivity contribution is 0.344. The minimum atomic E-state index is -4.25. The molecule has 0 radical (unpaired) electrons. The van der Waals surface area contributed by atoms with Gasteiger partial charge in [-0.3, -0.25) is 9.55 Å². The molecular formula is C9H16N3O3P. The maximum absolute atomic E-state index is 11.3. The van der Waals surface area contributed by atoms with Crippen molar-refractivity contribution in [2.24, 2.45) is 11.5 Å². The highest BCUT2D eigenvalue weighted by Crippen LogP contribution is 2.47. The monoisotopic (exact) mass is 245 g/mol. The fourth-order valence-electron chi connectivity index (χ4n) is 1.52. The van der Waals surface area contributed by atoms with Crippen molar-refractivity contribution < 1.29 is 14.4 Å². The van der Waals surface area contributed by atoms with Crippen LogP contribution in [0.2, 0.25) is 0 Å². The lowest BCUT2D eigenvalue weighted by Gasteiger charge is -2.24. The molecule has 2 atom stereocenters. The predicted octanol–water partition coefficient (Wildman–Crippen LogP) is -0.0235. The van der Waals surface area contributed by atoms with Crippen molar-refractivity contribution in [2.45, 2.75) is 18.1 Å². The van der Waals surface area contributed by atoms with Gasteiger partial charge in [0.05, 0.1) is 5.66 Å². The fourth-order valence-corrected chi connectivity index (χ4v) is 2.60. The van der Waals surface area contributed by atoms with E-state index in [0.29, 0.717) is 5.56 Å². The van der Waals surface area contributed by atoms with E-state index in [9.17, 15) is 14.4 Å². The molecule has 0 spiro atoms. The first-order valence-electron chi connectivity index (χ1n) is 4.87. The van der Waals surface area contributed by atoms with Crippen LogP contribution in [0.4, 0.5) is 0 Å². The van der Waals surface area contributed by atoms with Gasteiger partial charge >= 0.3 is 7.60 Å². The first-order valence-corrected chi connectivity index (χ1v) is 6.55. The van der Waals surface area contributed by atoms with Crippen LogP contribution < -0.4 is 11.5 Å². The van der Waals surface area contributed by atoms with Gasteiger partial charge in [0.1, 0.15) is 0 Å². The Morgan fingerprint density at radius 2 is 2.19 bits per heavy atom. The van der Waals surface area contributed by atoms with Gasteiger partial charge in [0.15, 0.2) is 0 Å². The van der Waals surface area contributed by atoms with E-state index in [1.165, 1.54) is 6.20 Å². The second-order valence-corrected chi connectivity index (χ2v) is 5.39. The van der Waals surface area contributed by atoms with Crippen LogP contribution in [0.15, 0.2) is 24.5 Å². The summed E-state index contributed by atoms with van der Waals surface area (Å²) in [6.45, 7) is 0.184. The normalized spacial score (nSPS) is 15.8. The summed E-state index contributed by atoms with van der Waals surface area (Å²) >= 11 is 0. The van der Waals surface area contributed by atoms with Crippen molar-refractivity contribution in [2.75, 3.05) is 6.54 Å². The van der Waals surface area contributed by atoms with E-state index in [-0.39, 0.29) is 13.0 Å². The van der Waals surface area contributed by atoms with Crippen molar-refractivity contribution in [3.05, 3.63) is 30.1 Å². The predicted molar refractivity (Wildman–Crippen MR) is 60.7 cm³/mol. The molecule has 7 heteroatoms. The zero-order chi connectivity index (χ0) is 12.2. The number of nitrogens with zero attached hydrogens (tertiary/aromatic N) is 1. The van der Waals surface area contributed by atoms with E-state index in [4.69, 9.17) is 11.5 Å². The van der Waals surface area contributed by atoms with E-state index in [1.54, 1.807) is 18.3 Å². The molecule has 0 aliphatic heterocycles. The third kappa shape index (κ3) is 3.37. The van der Waals surface area contributed by atoms with E-state index < -0.39 is 19.3 Å². The number of rotatable bonds is 5. The SMILES string of the molecule is NCCC(C(N)c1cccnc1)P(=O)(O)O. The molecule has 2 unspecified atom stereocenters. The molecule has 0 amide bonds. The molecule has 0 saturated heterocycles.